The fraction of sp³-hybridized carbons (Fsp3) is 0.538. The molecule has 18 heavy (non-hydrogen) atoms. The Morgan fingerprint density at radius 2 is 1.83 bits per heavy atom. The van der Waals surface area contributed by atoms with E-state index in [9.17, 15) is 10.2 Å². The van der Waals surface area contributed by atoms with Gasteiger partial charge in [-0.05, 0) is 49.4 Å². The molecule has 0 bridgehead atoms. The monoisotopic (exact) mass is 377 g/mol. The van der Waals surface area contributed by atoms with Crippen molar-refractivity contribution in [3.63, 3.8) is 0 Å². The van der Waals surface area contributed by atoms with Crippen LogP contribution in [0.5, 0.6) is 0 Å². The standard InChI is InChI=1S/C13H17Br2NO2/c14-9-4-8(5-10(15)6-9)13(18)16-11-2-1-3-12(17)7-11/h4-6,11-13,16-18H,1-3,7H2/t11-,12+,13?/m0/s1. The van der Waals surface area contributed by atoms with Crippen molar-refractivity contribution in [3.05, 3.63) is 32.7 Å². The Kier molecular flexibility index (Phi) is 5.21. The molecule has 1 saturated carbocycles. The first-order valence-electron chi connectivity index (χ1n) is 6.13. The molecule has 1 aliphatic rings. The first-order chi connectivity index (χ1) is 8.54. The van der Waals surface area contributed by atoms with Gasteiger partial charge in [0, 0.05) is 15.0 Å². The van der Waals surface area contributed by atoms with Crippen LogP contribution in [0.2, 0.25) is 0 Å². The summed E-state index contributed by atoms with van der Waals surface area (Å²) in [5.41, 5.74) is 0.816. The number of aliphatic hydroxyl groups is 2. The average Bonchev–Trinajstić information content (AvgIpc) is 2.27. The van der Waals surface area contributed by atoms with E-state index in [-0.39, 0.29) is 12.1 Å². The molecular formula is C13H17Br2NO2. The summed E-state index contributed by atoms with van der Waals surface area (Å²) in [6.45, 7) is 0. The molecule has 0 aromatic heterocycles. The Morgan fingerprint density at radius 3 is 2.44 bits per heavy atom. The van der Waals surface area contributed by atoms with Crippen LogP contribution in [0, 0.1) is 0 Å². The lowest BCUT2D eigenvalue weighted by Crippen LogP contribution is -2.38. The van der Waals surface area contributed by atoms with Crippen molar-refractivity contribution in [2.45, 2.75) is 44.1 Å². The molecule has 0 spiro atoms. The number of nitrogens with one attached hydrogen (secondary N) is 1. The van der Waals surface area contributed by atoms with Gasteiger partial charge in [0.25, 0.3) is 0 Å². The lowest BCUT2D eigenvalue weighted by Gasteiger charge is -2.29. The zero-order valence-electron chi connectivity index (χ0n) is 9.94. The predicted molar refractivity (Wildman–Crippen MR) is 78.2 cm³/mol. The molecule has 3 nitrogen and oxygen atoms in total. The molecule has 1 aliphatic carbocycles. The number of benzene rings is 1. The highest BCUT2D eigenvalue weighted by Gasteiger charge is 2.22. The Bertz CT molecular complexity index is 394. The van der Waals surface area contributed by atoms with Crippen LogP contribution in [-0.4, -0.2) is 22.4 Å². The van der Waals surface area contributed by atoms with E-state index in [1.807, 2.05) is 18.2 Å². The zero-order valence-corrected chi connectivity index (χ0v) is 13.1. The van der Waals surface area contributed by atoms with Crippen LogP contribution in [0.1, 0.15) is 37.5 Å². The quantitative estimate of drug-likeness (QED) is 0.708. The van der Waals surface area contributed by atoms with Crippen LogP contribution >= 0.6 is 31.9 Å². The molecule has 2 rings (SSSR count). The number of rotatable bonds is 3. The summed E-state index contributed by atoms with van der Waals surface area (Å²) in [5, 5.41) is 23.0. The van der Waals surface area contributed by atoms with E-state index in [1.54, 1.807) is 0 Å². The number of hydrogen-bond donors (Lipinski definition) is 3. The van der Waals surface area contributed by atoms with Gasteiger partial charge in [-0.15, -0.1) is 0 Å². The van der Waals surface area contributed by atoms with Gasteiger partial charge in [-0.1, -0.05) is 31.9 Å². The second kappa shape index (κ2) is 6.48. The Morgan fingerprint density at radius 1 is 1.17 bits per heavy atom. The maximum Gasteiger partial charge on any atom is 0.131 e. The van der Waals surface area contributed by atoms with E-state index in [0.717, 1.165) is 33.8 Å². The largest absolute Gasteiger partial charge is 0.393 e. The van der Waals surface area contributed by atoms with Crippen molar-refractivity contribution < 1.29 is 10.2 Å². The van der Waals surface area contributed by atoms with Gasteiger partial charge in [-0.2, -0.15) is 0 Å². The highest BCUT2D eigenvalue weighted by Crippen LogP contribution is 2.25. The molecule has 1 fully saturated rings. The van der Waals surface area contributed by atoms with Crippen LogP contribution < -0.4 is 5.32 Å². The van der Waals surface area contributed by atoms with Crippen LogP contribution in [0.4, 0.5) is 0 Å². The Labute approximate surface area is 124 Å². The van der Waals surface area contributed by atoms with Crippen molar-refractivity contribution in [1.82, 2.24) is 5.32 Å². The van der Waals surface area contributed by atoms with Gasteiger partial charge >= 0.3 is 0 Å². The molecule has 0 saturated heterocycles. The second-order valence-corrected chi connectivity index (χ2v) is 6.62. The molecule has 0 amide bonds. The molecule has 0 aliphatic heterocycles. The first kappa shape index (κ1) is 14.5. The van der Waals surface area contributed by atoms with E-state index in [0.29, 0.717) is 6.42 Å². The molecule has 1 aromatic rings. The van der Waals surface area contributed by atoms with Crippen LogP contribution in [-0.2, 0) is 0 Å². The van der Waals surface area contributed by atoms with E-state index < -0.39 is 6.23 Å². The first-order valence-corrected chi connectivity index (χ1v) is 7.71. The van der Waals surface area contributed by atoms with Crippen molar-refractivity contribution in [3.8, 4) is 0 Å². The molecule has 3 atom stereocenters. The number of halogens is 2. The summed E-state index contributed by atoms with van der Waals surface area (Å²) in [6, 6.07) is 5.89. The SMILES string of the molecule is OC(N[C@H]1CCC[C@@H](O)C1)c1cc(Br)cc(Br)c1. The topological polar surface area (TPSA) is 52.5 Å². The van der Waals surface area contributed by atoms with Crippen molar-refractivity contribution in [1.29, 1.82) is 0 Å². The van der Waals surface area contributed by atoms with Gasteiger partial charge in [-0.3, -0.25) is 5.32 Å². The minimum atomic E-state index is -0.700. The molecular weight excluding hydrogens is 362 g/mol. The second-order valence-electron chi connectivity index (χ2n) is 4.79. The molecule has 1 unspecified atom stereocenters. The molecule has 5 heteroatoms. The zero-order chi connectivity index (χ0) is 13.1. The molecule has 3 N–H and O–H groups in total. The maximum absolute atomic E-state index is 10.2. The van der Waals surface area contributed by atoms with Gasteiger partial charge in [0.1, 0.15) is 6.23 Å². The third-order valence-corrected chi connectivity index (χ3v) is 4.16. The van der Waals surface area contributed by atoms with Crippen LogP contribution in [0.25, 0.3) is 0 Å². The van der Waals surface area contributed by atoms with Crippen molar-refractivity contribution in [2.24, 2.45) is 0 Å². The summed E-state index contributed by atoms with van der Waals surface area (Å²) < 4.78 is 1.85. The lowest BCUT2D eigenvalue weighted by atomic mass is 9.93. The third-order valence-electron chi connectivity index (χ3n) is 3.24. The van der Waals surface area contributed by atoms with Gasteiger partial charge in [0.15, 0.2) is 0 Å². The molecule has 0 radical (unpaired) electrons. The maximum atomic E-state index is 10.2. The van der Waals surface area contributed by atoms with Gasteiger partial charge < -0.3 is 10.2 Å². The van der Waals surface area contributed by atoms with Crippen molar-refractivity contribution in [2.75, 3.05) is 0 Å². The fourth-order valence-corrected chi connectivity index (χ4v) is 3.70. The molecule has 0 heterocycles. The summed E-state index contributed by atoms with van der Waals surface area (Å²) >= 11 is 6.81. The van der Waals surface area contributed by atoms with Crippen LogP contribution in [0.15, 0.2) is 27.1 Å². The lowest BCUT2D eigenvalue weighted by molar-refractivity contribution is 0.0717. The predicted octanol–water partition coefficient (Wildman–Crippen LogP) is 3.10. The minimum absolute atomic E-state index is 0.182. The minimum Gasteiger partial charge on any atom is -0.393 e. The van der Waals surface area contributed by atoms with Gasteiger partial charge in [0.05, 0.1) is 6.10 Å². The smallest absolute Gasteiger partial charge is 0.131 e. The van der Waals surface area contributed by atoms with Gasteiger partial charge in [0.2, 0.25) is 0 Å². The highest BCUT2D eigenvalue weighted by molar-refractivity contribution is 9.11. The average molecular weight is 379 g/mol. The van der Waals surface area contributed by atoms with E-state index >= 15 is 0 Å². The van der Waals surface area contributed by atoms with E-state index in [2.05, 4.69) is 37.2 Å². The third kappa shape index (κ3) is 4.03. The Balaban J connectivity index is 2.00. The summed E-state index contributed by atoms with van der Waals surface area (Å²) in [7, 11) is 0. The fourth-order valence-electron chi connectivity index (χ4n) is 2.37. The molecule has 1 aromatic carbocycles. The highest BCUT2D eigenvalue weighted by atomic mass is 79.9. The summed E-state index contributed by atoms with van der Waals surface area (Å²) in [6.07, 6.45) is 2.66. The molecule has 100 valence electrons. The number of aliphatic hydroxyl groups excluding tert-OH is 2. The van der Waals surface area contributed by atoms with E-state index in [4.69, 9.17) is 0 Å². The summed E-state index contributed by atoms with van der Waals surface area (Å²) in [4.78, 5) is 0. The summed E-state index contributed by atoms with van der Waals surface area (Å²) in [5.74, 6) is 0. The van der Waals surface area contributed by atoms with E-state index in [1.165, 1.54) is 0 Å². The normalized spacial score (nSPS) is 26.0. The van der Waals surface area contributed by atoms with Crippen molar-refractivity contribution >= 4 is 31.9 Å². The number of hydrogen-bond acceptors (Lipinski definition) is 3. The Hall–Kier alpha value is 0.0600. The van der Waals surface area contributed by atoms with Crippen LogP contribution in [0.3, 0.4) is 0 Å². The van der Waals surface area contributed by atoms with Gasteiger partial charge in [-0.25, -0.2) is 0 Å².